The van der Waals surface area contributed by atoms with Gasteiger partial charge in [-0.2, -0.15) is 0 Å². The Morgan fingerprint density at radius 2 is 1.93 bits per heavy atom. The van der Waals surface area contributed by atoms with Crippen LogP contribution in [0.3, 0.4) is 0 Å². The largest absolute Gasteiger partial charge is 0.395 e. The summed E-state index contributed by atoms with van der Waals surface area (Å²) in [6, 6.07) is 0. The second-order valence-corrected chi connectivity index (χ2v) is 9.10. The van der Waals surface area contributed by atoms with Crippen molar-refractivity contribution in [2.24, 2.45) is 0 Å². The summed E-state index contributed by atoms with van der Waals surface area (Å²) in [5.41, 5.74) is 2.75. The SMILES string of the molecule is Cc1nc(N(C)CCO)c2c(n1)C1(CC2)CCN(Cc2nnc(C)s2)CC1. The normalized spacial score (nSPS) is 18.8. The topological polar surface area (TPSA) is 78.3 Å². The highest BCUT2D eigenvalue weighted by molar-refractivity contribution is 7.11. The molecule has 27 heavy (non-hydrogen) atoms. The molecule has 3 heterocycles. The molecular formula is C19H28N6OS. The monoisotopic (exact) mass is 388 g/mol. The van der Waals surface area contributed by atoms with Gasteiger partial charge in [-0.15, -0.1) is 21.5 Å². The van der Waals surface area contributed by atoms with Gasteiger partial charge in [-0.25, -0.2) is 9.97 Å². The summed E-state index contributed by atoms with van der Waals surface area (Å²) in [4.78, 5) is 14.2. The van der Waals surface area contributed by atoms with Crippen molar-refractivity contribution in [1.82, 2.24) is 25.1 Å². The molecule has 1 saturated heterocycles. The fraction of sp³-hybridized carbons (Fsp3) is 0.684. The molecule has 0 radical (unpaired) electrons. The molecule has 0 aromatic carbocycles. The van der Waals surface area contributed by atoms with Gasteiger partial charge in [0.2, 0.25) is 0 Å². The lowest BCUT2D eigenvalue weighted by molar-refractivity contribution is 0.149. The molecule has 1 aliphatic heterocycles. The van der Waals surface area contributed by atoms with E-state index >= 15 is 0 Å². The molecule has 146 valence electrons. The number of nitrogens with zero attached hydrogens (tertiary/aromatic N) is 6. The molecule has 7 nitrogen and oxygen atoms in total. The molecule has 0 amide bonds. The number of fused-ring (bicyclic) bond motifs is 2. The van der Waals surface area contributed by atoms with Crippen LogP contribution in [0.5, 0.6) is 0 Å². The minimum atomic E-state index is 0.138. The molecule has 2 aliphatic rings. The first-order valence-electron chi connectivity index (χ1n) is 9.72. The van der Waals surface area contributed by atoms with Crippen molar-refractivity contribution in [3.05, 3.63) is 27.1 Å². The average Bonchev–Trinajstić information content (AvgIpc) is 3.21. The van der Waals surface area contributed by atoms with E-state index in [0.717, 1.165) is 67.0 Å². The zero-order chi connectivity index (χ0) is 19.0. The molecule has 0 saturated carbocycles. The van der Waals surface area contributed by atoms with Crippen LogP contribution in [0.15, 0.2) is 0 Å². The number of rotatable bonds is 5. The van der Waals surface area contributed by atoms with E-state index in [9.17, 15) is 5.11 Å². The molecule has 1 aliphatic carbocycles. The Hall–Kier alpha value is -1.64. The summed E-state index contributed by atoms with van der Waals surface area (Å²) in [6.07, 6.45) is 4.47. The van der Waals surface area contributed by atoms with E-state index in [1.54, 1.807) is 11.3 Å². The van der Waals surface area contributed by atoms with Crippen molar-refractivity contribution in [3.8, 4) is 0 Å². The predicted octanol–water partition coefficient (Wildman–Crippen LogP) is 1.85. The van der Waals surface area contributed by atoms with Crippen LogP contribution >= 0.6 is 11.3 Å². The maximum Gasteiger partial charge on any atom is 0.135 e. The van der Waals surface area contributed by atoms with E-state index in [4.69, 9.17) is 9.97 Å². The number of aromatic nitrogens is 4. The number of likely N-dealkylation sites (N-methyl/N-ethyl adjacent to an activating group) is 1. The molecule has 1 fully saturated rings. The number of aliphatic hydroxyl groups is 1. The molecule has 2 aromatic heterocycles. The van der Waals surface area contributed by atoms with Crippen molar-refractivity contribution in [1.29, 1.82) is 0 Å². The summed E-state index contributed by atoms with van der Waals surface area (Å²) in [5.74, 6) is 1.84. The van der Waals surface area contributed by atoms with Gasteiger partial charge in [-0.1, -0.05) is 0 Å². The lowest BCUT2D eigenvalue weighted by atomic mass is 9.76. The van der Waals surface area contributed by atoms with Gasteiger partial charge in [0.1, 0.15) is 21.7 Å². The fourth-order valence-corrected chi connectivity index (χ4v) is 5.27. The molecule has 8 heteroatoms. The third kappa shape index (κ3) is 3.58. The summed E-state index contributed by atoms with van der Waals surface area (Å²) in [5, 5.41) is 19.9. The average molecular weight is 389 g/mol. The first kappa shape index (κ1) is 18.7. The first-order valence-corrected chi connectivity index (χ1v) is 10.5. The Bertz CT molecular complexity index is 815. The van der Waals surface area contributed by atoms with E-state index in [-0.39, 0.29) is 12.0 Å². The van der Waals surface area contributed by atoms with E-state index in [1.165, 1.54) is 11.3 Å². The van der Waals surface area contributed by atoms with Gasteiger partial charge < -0.3 is 10.0 Å². The van der Waals surface area contributed by atoms with Crippen molar-refractivity contribution in [3.63, 3.8) is 0 Å². The van der Waals surface area contributed by atoms with Crippen LogP contribution in [0.4, 0.5) is 5.82 Å². The van der Waals surface area contributed by atoms with Gasteiger partial charge in [0.15, 0.2) is 0 Å². The highest BCUT2D eigenvalue weighted by Crippen LogP contribution is 2.47. The Labute approximate surface area is 164 Å². The zero-order valence-electron chi connectivity index (χ0n) is 16.4. The lowest BCUT2D eigenvalue weighted by Gasteiger charge is -2.39. The van der Waals surface area contributed by atoms with Crippen molar-refractivity contribution < 1.29 is 5.11 Å². The molecule has 0 unspecified atom stereocenters. The Morgan fingerprint density at radius 3 is 2.59 bits per heavy atom. The Kier molecular flexibility index (Phi) is 5.13. The number of aliphatic hydroxyl groups excluding tert-OH is 1. The second-order valence-electron chi connectivity index (χ2n) is 7.84. The van der Waals surface area contributed by atoms with Crippen LogP contribution in [0.1, 0.15) is 46.4 Å². The summed E-state index contributed by atoms with van der Waals surface area (Å²) < 4.78 is 0. The van der Waals surface area contributed by atoms with Crippen LogP contribution in [0, 0.1) is 13.8 Å². The fourth-order valence-electron chi connectivity index (χ4n) is 4.52. The van der Waals surface area contributed by atoms with E-state index in [0.29, 0.717) is 6.54 Å². The van der Waals surface area contributed by atoms with Crippen LogP contribution < -0.4 is 4.90 Å². The van der Waals surface area contributed by atoms with Gasteiger partial charge in [-0.05, 0) is 52.6 Å². The van der Waals surface area contributed by atoms with E-state index < -0.39 is 0 Å². The minimum Gasteiger partial charge on any atom is -0.395 e. The number of likely N-dealkylation sites (tertiary alicyclic amines) is 1. The molecule has 1 spiro atoms. The lowest BCUT2D eigenvalue weighted by Crippen LogP contribution is -2.41. The molecule has 2 aromatic rings. The number of anilines is 1. The maximum atomic E-state index is 9.31. The quantitative estimate of drug-likeness (QED) is 0.837. The summed E-state index contributed by atoms with van der Waals surface area (Å²) in [6.45, 7) is 7.78. The highest BCUT2D eigenvalue weighted by Gasteiger charge is 2.44. The summed E-state index contributed by atoms with van der Waals surface area (Å²) >= 11 is 1.69. The van der Waals surface area contributed by atoms with Crippen LogP contribution in [0.2, 0.25) is 0 Å². The number of hydrogen-bond donors (Lipinski definition) is 1. The van der Waals surface area contributed by atoms with Gasteiger partial charge in [0.05, 0.1) is 18.8 Å². The first-order chi connectivity index (χ1) is 13.0. The number of piperidine rings is 1. The maximum absolute atomic E-state index is 9.31. The van der Waals surface area contributed by atoms with Crippen LogP contribution in [0.25, 0.3) is 0 Å². The third-order valence-corrected chi connectivity index (χ3v) is 6.81. The van der Waals surface area contributed by atoms with Crippen LogP contribution in [-0.4, -0.2) is 63.5 Å². The Balaban J connectivity index is 1.52. The van der Waals surface area contributed by atoms with E-state index in [2.05, 4.69) is 20.0 Å². The number of hydrogen-bond acceptors (Lipinski definition) is 8. The highest BCUT2D eigenvalue weighted by atomic mass is 32.1. The van der Waals surface area contributed by atoms with Crippen molar-refractivity contribution in [2.45, 2.75) is 51.5 Å². The summed E-state index contributed by atoms with van der Waals surface area (Å²) in [7, 11) is 2.01. The molecule has 4 rings (SSSR count). The predicted molar refractivity (Wildman–Crippen MR) is 106 cm³/mol. The molecule has 1 N–H and O–H groups in total. The molecule has 0 atom stereocenters. The van der Waals surface area contributed by atoms with Crippen molar-refractivity contribution >= 4 is 17.2 Å². The van der Waals surface area contributed by atoms with Gasteiger partial charge in [0.25, 0.3) is 0 Å². The Morgan fingerprint density at radius 1 is 1.15 bits per heavy atom. The van der Waals surface area contributed by atoms with Crippen molar-refractivity contribution in [2.75, 3.05) is 38.2 Å². The second kappa shape index (κ2) is 7.41. The molecule has 0 bridgehead atoms. The smallest absolute Gasteiger partial charge is 0.135 e. The van der Waals surface area contributed by atoms with E-state index in [1.807, 2.05) is 20.9 Å². The minimum absolute atomic E-state index is 0.138. The zero-order valence-corrected chi connectivity index (χ0v) is 17.2. The number of aryl methyl sites for hydroxylation is 2. The van der Waals surface area contributed by atoms with Gasteiger partial charge in [0, 0.05) is 24.6 Å². The third-order valence-electron chi connectivity index (χ3n) is 5.99. The van der Waals surface area contributed by atoms with Gasteiger partial charge in [-0.3, -0.25) is 4.90 Å². The van der Waals surface area contributed by atoms with Crippen LogP contribution in [-0.2, 0) is 18.4 Å². The standard InChI is InChI=1S/C19H28N6OS/c1-13-20-17-15(18(21-13)24(3)10-11-26)4-5-19(17)6-8-25(9-7-19)12-16-23-22-14(2)27-16/h26H,4-12H2,1-3H3. The molecular weight excluding hydrogens is 360 g/mol. The van der Waals surface area contributed by atoms with Gasteiger partial charge >= 0.3 is 0 Å².